The van der Waals surface area contributed by atoms with Crippen molar-refractivity contribution in [3.8, 4) is 0 Å². The number of piperazine rings is 1. The number of quaternary nitrogens is 2. The standard InChI is InChI=1S/C21H23ClN4O2/c22-17-1-3-18(4-2-17)26-20(27)15-19(21(26)28)25-13-11-24(12-14-25)10-7-16-5-8-23-9-6-16/h1-6,8-9,19H,7,10-15H2/p+2/t19-/m0/s1. The zero-order valence-corrected chi connectivity index (χ0v) is 16.5. The summed E-state index contributed by atoms with van der Waals surface area (Å²) in [7, 11) is 0. The summed E-state index contributed by atoms with van der Waals surface area (Å²) < 4.78 is 0. The van der Waals surface area contributed by atoms with Crippen molar-refractivity contribution >= 4 is 29.1 Å². The number of nitrogens with one attached hydrogen (secondary N) is 2. The molecule has 146 valence electrons. The van der Waals surface area contributed by atoms with E-state index in [1.165, 1.54) is 15.4 Å². The van der Waals surface area contributed by atoms with Crippen LogP contribution in [0.5, 0.6) is 0 Å². The molecule has 1 aromatic heterocycles. The van der Waals surface area contributed by atoms with E-state index in [4.69, 9.17) is 11.6 Å². The third-order valence-corrected chi connectivity index (χ3v) is 6.09. The van der Waals surface area contributed by atoms with Crippen molar-refractivity contribution < 1.29 is 19.4 Å². The Balaban J connectivity index is 1.32. The Morgan fingerprint density at radius 1 is 1.00 bits per heavy atom. The van der Waals surface area contributed by atoms with Gasteiger partial charge in [0.2, 0.25) is 5.91 Å². The van der Waals surface area contributed by atoms with E-state index in [0.717, 1.165) is 39.1 Å². The van der Waals surface area contributed by atoms with Crippen molar-refractivity contribution in [1.82, 2.24) is 4.98 Å². The fraction of sp³-hybridized carbons (Fsp3) is 0.381. The summed E-state index contributed by atoms with van der Waals surface area (Å²) in [4.78, 5) is 33.6. The topological polar surface area (TPSA) is 59.2 Å². The second-order valence-corrected chi connectivity index (χ2v) is 8.00. The molecule has 2 saturated heterocycles. The minimum Gasteiger partial charge on any atom is -0.325 e. The van der Waals surface area contributed by atoms with Crippen LogP contribution in [-0.4, -0.2) is 55.6 Å². The van der Waals surface area contributed by atoms with Gasteiger partial charge in [-0.05, 0) is 42.0 Å². The van der Waals surface area contributed by atoms with Gasteiger partial charge >= 0.3 is 0 Å². The molecule has 7 heteroatoms. The molecule has 3 heterocycles. The van der Waals surface area contributed by atoms with Gasteiger partial charge < -0.3 is 9.80 Å². The van der Waals surface area contributed by atoms with Crippen LogP contribution >= 0.6 is 11.6 Å². The largest absolute Gasteiger partial charge is 0.325 e. The second kappa shape index (κ2) is 8.39. The van der Waals surface area contributed by atoms with Crippen molar-refractivity contribution in [3.05, 3.63) is 59.4 Å². The molecule has 2 aromatic rings. The molecule has 2 aliphatic rings. The number of carbonyl (C=O) groups excluding carboxylic acids is 2. The maximum Gasteiger partial charge on any atom is 0.292 e. The van der Waals surface area contributed by atoms with Gasteiger partial charge in [-0.25, -0.2) is 4.90 Å². The molecule has 2 N–H and O–H groups in total. The normalized spacial score (nSPS) is 25.3. The summed E-state index contributed by atoms with van der Waals surface area (Å²) in [5.74, 6) is -0.195. The van der Waals surface area contributed by atoms with Crippen LogP contribution < -0.4 is 14.7 Å². The molecule has 2 amide bonds. The van der Waals surface area contributed by atoms with Gasteiger partial charge in [-0.2, -0.15) is 0 Å². The zero-order chi connectivity index (χ0) is 19.5. The number of halogens is 1. The van der Waals surface area contributed by atoms with Crippen molar-refractivity contribution in [1.29, 1.82) is 0 Å². The van der Waals surface area contributed by atoms with Crippen molar-refractivity contribution in [2.45, 2.75) is 18.9 Å². The molecular weight excluding hydrogens is 376 g/mol. The molecular formula is C21H25ClN4O2+2. The maximum atomic E-state index is 12.9. The molecule has 2 fully saturated rings. The third kappa shape index (κ3) is 4.09. The van der Waals surface area contributed by atoms with Gasteiger partial charge in [0.1, 0.15) is 26.2 Å². The molecule has 0 unspecified atom stereocenters. The van der Waals surface area contributed by atoms with E-state index in [2.05, 4.69) is 17.1 Å². The number of nitrogens with zero attached hydrogens (tertiary/aromatic N) is 2. The van der Waals surface area contributed by atoms with Crippen LogP contribution in [0.25, 0.3) is 0 Å². The molecule has 2 aliphatic heterocycles. The molecule has 0 aliphatic carbocycles. The number of hydrogen-bond donors (Lipinski definition) is 2. The average molecular weight is 401 g/mol. The van der Waals surface area contributed by atoms with Crippen LogP contribution in [-0.2, 0) is 16.0 Å². The maximum absolute atomic E-state index is 12.9. The predicted molar refractivity (Wildman–Crippen MR) is 107 cm³/mol. The Hall–Kier alpha value is -2.28. The van der Waals surface area contributed by atoms with Crippen molar-refractivity contribution in [2.24, 2.45) is 0 Å². The highest BCUT2D eigenvalue weighted by molar-refractivity contribution is 6.30. The van der Waals surface area contributed by atoms with E-state index in [9.17, 15) is 9.59 Å². The average Bonchev–Trinajstić information content (AvgIpc) is 3.02. The number of anilines is 1. The van der Waals surface area contributed by atoms with Gasteiger partial charge in [0.05, 0.1) is 18.7 Å². The summed E-state index contributed by atoms with van der Waals surface area (Å²) in [6, 6.07) is 10.8. The highest BCUT2D eigenvalue weighted by atomic mass is 35.5. The van der Waals surface area contributed by atoms with Crippen LogP contribution in [0.3, 0.4) is 0 Å². The lowest BCUT2D eigenvalue weighted by Crippen LogP contribution is -3.30. The van der Waals surface area contributed by atoms with Gasteiger partial charge in [-0.1, -0.05) is 11.6 Å². The monoisotopic (exact) mass is 400 g/mol. The highest BCUT2D eigenvalue weighted by Gasteiger charge is 2.46. The van der Waals surface area contributed by atoms with Gasteiger partial charge in [-0.3, -0.25) is 14.6 Å². The summed E-state index contributed by atoms with van der Waals surface area (Å²) >= 11 is 5.92. The molecule has 0 bridgehead atoms. The third-order valence-electron chi connectivity index (χ3n) is 5.84. The zero-order valence-electron chi connectivity index (χ0n) is 15.7. The lowest BCUT2D eigenvalue weighted by atomic mass is 10.1. The number of aromatic nitrogens is 1. The molecule has 6 nitrogen and oxygen atoms in total. The summed E-state index contributed by atoms with van der Waals surface area (Å²) in [6.45, 7) is 4.98. The minimum absolute atomic E-state index is 0.0810. The first-order chi connectivity index (χ1) is 13.6. The van der Waals surface area contributed by atoms with E-state index in [1.807, 2.05) is 12.4 Å². The second-order valence-electron chi connectivity index (χ2n) is 7.56. The van der Waals surface area contributed by atoms with Gasteiger partial charge in [0.25, 0.3) is 5.91 Å². The quantitative estimate of drug-likeness (QED) is 0.659. The summed E-state index contributed by atoms with van der Waals surface area (Å²) in [5.41, 5.74) is 1.93. The van der Waals surface area contributed by atoms with Gasteiger partial charge in [0.15, 0.2) is 6.04 Å². The highest BCUT2D eigenvalue weighted by Crippen LogP contribution is 2.23. The molecule has 1 atom stereocenters. The summed E-state index contributed by atoms with van der Waals surface area (Å²) in [6.07, 6.45) is 5.01. The SMILES string of the molecule is O=C1C[C@H]([NH+]2CC[NH+](CCc3ccncc3)CC2)C(=O)N1c1ccc(Cl)cc1. The molecule has 28 heavy (non-hydrogen) atoms. The van der Waals surface area contributed by atoms with Crippen molar-refractivity contribution in [3.63, 3.8) is 0 Å². The van der Waals surface area contributed by atoms with E-state index < -0.39 is 0 Å². The molecule has 0 saturated carbocycles. The van der Waals surface area contributed by atoms with Gasteiger partial charge in [0, 0.05) is 23.8 Å². The fourth-order valence-electron chi connectivity index (χ4n) is 4.21. The van der Waals surface area contributed by atoms with Crippen LogP contribution in [0.4, 0.5) is 5.69 Å². The van der Waals surface area contributed by atoms with E-state index in [1.54, 1.807) is 29.2 Å². The Bertz CT molecular complexity index is 835. The number of amides is 2. The lowest BCUT2D eigenvalue weighted by molar-refractivity contribution is -1.02. The van der Waals surface area contributed by atoms with Crippen LogP contribution in [0.15, 0.2) is 48.8 Å². The first kappa shape index (κ1) is 19.1. The van der Waals surface area contributed by atoms with Crippen LogP contribution in [0, 0.1) is 0 Å². The first-order valence-electron chi connectivity index (χ1n) is 9.81. The van der Waals surface area contributed by atoms with E-state index in [-0.39, 0.29) is 17.9 Å². The summed E-state index contributed by atoms with van der Waals surface area (Å²) in [5, 5.41) is 0.593. The minimum atomic E-state index is -0.259. The lowest BCUT2D eigenvalue weighted by Gasteiger charge is -2.32. The fourth-order valence-corrected chi connectivity index (χ4v) is 4.33. The van der Waals surface area contributed by atoms with E-state index in [0.29, 0.717) is 17.1 Å². The smallest absolute Gasteiger partial charge is 0.292 e. The molecule has 0 radical (unpaired) electrons. The van der Waals surface area contributed by atoms with Gasteiger partial charge in [-0.15, -0.1) is 0 Å². The number of pyridine rings is 1. The number of hydrogen-bond acceptors (Lipinski definition) is 3. The molecule has 1 aromatic carbocycles. The predicted octanol–water partition coefficient (Wildman–Crippen LogP) is -0.607. The Morgan fingerprint density at radius 2 is 1.68 bits per heavy atom. The van der Waals surface area contributed by atoms with Crippen LogP contribution in [0.2, 0.25) is 5.02 Å². The molecule has 0 spiro atoms. The van der Waals surface area contributed by atoms with Crippen molar-refractivity contribution in [2.75, 3.05) is 37.6 Å². The number of imide groups is 1. The number of carbonyl (C=O) groups is 2. The Morgan fingerprint density at radius 3 is 2.36 bits per heavy atom. The van der Waals surface area contributed by atoms with Crippen LogP contribution in [0.1, 0.15) is 12.0 Å². The van der Waals surface area contributed by atoms with E-state index >= 15 is 0 Å². The molecule has 4 rings (SSSR count). The first-order valence-corrected chi connectivity index (χ1v) is 10.2. The Kier molecular flexibility index (Phi) is 5.71. The number of benzene rings is 1. The Labute approximate surface area is 169 Å². The number of rotatable bonds is 5.